The molecule has 2 rings (SSSR count). The van der Waals surface area contributed by atoms with Gasteiger partial charge in [0.25, 0.3) is 0 Å². The highest BCUT2D eigenvalue weighted by Gasteiger charge is 2.31. The Morgan fingerprint density at radius 1 is 1.40 bits per heavy atom. The fourth-order valence-corrected chi connectivity index (χ4v) is 1.81. The molecule has 1 aliphatic carbocycles. The number of hydrogen-bond donors (Lipinski definition) is 3. The lowest BCUT2D eigenvalue weighted by molar-refractivity contribution is -0.274. The van der Waals surface area contributed by atoms with Gasteiger partial charge in [0.2, 0.25) is 0 Å². The normalized spacial score (nSPS) is 23.1. The molecule has 0 amide bonds. The van der Waals surface area contributed by atoms with Gasteiger partial charge in [-0.05, 0) is 25.0 Å². The average molecular weight is 289 g/mol. The third-order valence-electron chi connectivity index (χ3n) is 2.75. The molecule has 0 unspecified atom stereocenters. The summed E-state index contributed by atoms with van der Waals surface area (Å²) in [5.41, 5.74) is 5.97. The molecule has 0 saturated heterocycles. The second kappa shape index (κ2) is 5.58. The van der Waals surface area contributed by atoms with Crippen LogP contribution in [0.3, 0.4) is 0 Å². The van der Waals surface area contributed by atoms with Gasteiger partial charge in [-0.15, -0.1) is 13.2 Å². The molecule has 0 heterocycles. The van der Waals surface area contributed by atoms with Crippen molar-refractivity contribution < 1.29 is 23.0 Å². The summed E-state index contributed by atoms with van der Waals surface area (Å²) in [6, 6.07) is 5.26. The quantitative estimate of drug-likeness (QED) is 0.586. The largest absolute Gasteiger partial charge is 0.573 e. The summed E-state index contributed by atoms with van der Waals surface area (Å²) in [7, 11) is 0. The first kappa shape index (κ1) is 14.4. The first-order valence-electron chi connectivity index (χ1n) is 5.96. The van der Waals surface area contributed by atoms with Crippen LogP contribution in [0.2, 0.25) is 0 Å². The van der Waals surface area contributed by atoms with Gasteiger partial charge in [-0.3, -0.25) is 0 Å². The number of hydrogen-bond acceptors (Lipinski definition) is 3. The molecule has 20 heavy (non-hydrogen) atoms. The van der Waals surface area contributed by atoms with Crippen LogP contribution in [0.1, 0.15) is 12.8 Å². The van der Waals surface area contributed by atoms with Crippen molar-refractivity contribution in [3.63, 3.8) is 0 Å². The fourth-order valence-electron chi connectivity index (χ4n) is 1.81. The predicted octanol–water partition coefficient (Wildman–Crippen LogP) is 1.84. The van der Waals surface area contributed by atoms with Crippen LogP contribution in [0, 0.1) is 0 Å². The Morgan fingerprint density at radius 3 is 2.70 bits per heavy atom. The zero-order chi connectivity index (χ0) is 14.8. The van der Waals surface area contributed by atoms with Crippen molar-refractivity contribution in [3.05, 3.63) is 24.3 Å². The molecular weight excluding hydrogens is 275 g/mol. The highest BCUT2D eigenvalue weighted by atomic mass is 19.4. The Morgan fingerprint density at radius 2 is 2.10 bits per heavy atom. The first-order valence-corrected chi connectivity index (χ1v) is 5.96. The van der Waals surface area contributed by atoms with E-state index < -0.39 is 6.36 Å². The van der Waals surface area contributed by atoms with E-state index in [1.54, 1.807) is 6.07 Å². The number of benzene rings is 1. The van der Waals surface area contributed by atoms with Gasteiger partial charge in [0, 0.05) is 11.8 Å². The van der Waals surface area contributed by atoms with Crippen LogP contribution in [-0.4, -0.2) is 29.6 Å². The topological polar surface area (TPSA) is 79.9 Å². The maximum Gasteiger partial charge on any atom is 0.573 e. The number of nitrogens with one attached hydrogen (secondary N) is 1. The zero-order valence-electron chi connectivity index (χ0n) is 10.4. The van der Waals surface area contributed by atoms with Crippen molar-refractivity contribution >= 4 is 11.6 Å². The SMILES string of the molecule is NC(=NC1CC(O)C1)Nc1cccc(OC(F)(F)F)c1. The van der Waals surface area contributed by atoms with Crippen LogP contribution >= 0.6 is 0 Å². The minimum Gasteiger partial charge on any atom is -0.406 e. The third kappa shape index (κ3) is 4.30. The van der Waals surface area contributed by atoms with Gasteiger partial charge in [0.1, 0.15) is 5.75 Å². The number of aliphatic hydroxyl groups is 1. The summed E-state index contributed by atoms with van der Waals surface area (Å²) >= 11 is 0. The van der Waals surface area contributed by atoms with Gasteiger partial charge in [0.05, 0.1) is 12.1 Å². The Hall–Kier alpha value is -1.96. The molecule has 1 saturated carbocycles. The molecule has 0 aliphatic heterocycles. The van der Waals surface area contributed by atoms with Crippen molar-refractivity contribution in [3.8, 4) is 5.75 Å². The lowest BCUT2D eigenvalue weighted by Crippen LogP contribution is -2.35. The van der Waals surface area contributed by atoms with E-state index in [1.807, 2.05) is 0 Å². The summed E-state index contributed by atoms with van der Waals surface area (Å²) in [5.74, 6) is -0.250. The monoisotopic (exact) mass is 289 g/mol. The van der Waals surface area contributed by atoms with Gasteiger partial charge in [-0.2, -0.15) is 0 Å². The van der Waals surface area contributed by atoms with Gasteiger partial charge >= 0.3 is 6.36 Å². The van der Waals surface area contributed by atoms with E-state index in [2.05, 4.69) is 15.0 Å². The molecule has 1 aliphatic rings. The van der Waals surface area contributed by atoms with Crippen LogP contribution in [0.4, 0.5) is 18.9 Å². The van der Waals surface area contributed by atoms with Gasteiger partial charge in [-0.1, -0.05) is 6.07 Å². The summed E-state index contributed by atoms with van der Waals surface area (Å²) in [6.45, 7) is 0. The third-order valence-corrected chi connectivity index (χ3v) is 2.75. The van der Waals surface area contributed by atoms with Crippen molar-refractivity contribution in [2.24, 2.45) is 10.7 Å². The van der Waals surface area contributed by atoms with E-state index in [0.717, 1.165) is 0 Å². The van der Waals surface area contributed by atoms with Gasteiger partial charge in [0.15, 0.2) is 5.96 Å². The van der Waals surface area contributed by atoms with Crippen LogP contribution in [0.5, 0.6) is 5.75 Å². The van der Waals surface area contributed by atoms with Gasteiger partial charge < -0.3 is 20.9 Å². The second-order valence-corrected chi connectivity index (χ2v) is 4.49. The van der Waals surface area contributed by atoms with E-state index in [1.165, 1.54) is 18.2 Å². The summed E-state index contributed by atoms with van der Waals surface area (Å²) in [6.07, 6.45) is -4.00. The van der Waals surface area contributed by atoms with Crippen LogP contribution < -0.4 is 15.8 Å². The molecule has 0 radical (unpaired) electrons. The molecule has 1 fully saturated rings. The van der Waals surface area contributed by atoms with E-state index in [-0.39, 0.29) is 23.9 Å². The number of halogens is 3. The molecule has 1 aromatic carbocycles. The molecule has 4 N–H and O–H groups in total. The van der Waals surface area contributed by atoms with Crippen molar-refractivity contribution in [1.82, 2.24) is 0 Å². The van der Waals surface area contributed by atoms with E-state index in [0.29, 0.717) is 18.5 Å². The molecule has 0 atom stereocenters. The molecule has 110 valence electrons. The Balaban J connectivity index is 1.97. The number of nitrogens with two attached hydrogens (primary N) is 1. The minimum atomic E-state index is -4.74. The van der Waals surface area contributed by atoms with Crippen LogP contribution in [0.25, 0.3) is 0 Å². The molecule has 1 aromatic rings. The number of anilines is 1. The summed E-state index contributed by atoms with van der Waals surface area (Å²) in [4.78, 5) is 4.09. The van der Waals surface area contributed by atoms with Crippen molar-refractivity contribution in [2.45, 2.75) is 31.3 Å². The number of rotatable bonds is 3. The minimum absolute atomic E-state index is 0.0490. The standard InChI is InChI=1S/C12H14F3N3O2/c13-12(14,15)20-10-3-1-2-7(6-10)17-11(16)18-8-4-9(19)5-8/h1-3,6,8-9,19H,4-5H2,(H3,16,17,18). The lowest BCUT2D eigenvalue weighted by Gasteiger charge is -2.28. The zero-order valence-corrected chi connectivity index (χ0v) is 10.4. The van der Waals surface area contributed by atoms with Crippen molar-refractivity contribution in [2.75, 3.05) is 5.32 Å². The maximum atomic E-state index is 12.1. The summed E-state index contributed by atoms with van der Waals surface area (Å²) < 4.78 is 40.0. The van der Waals surface area contributed by atoms with Crippen molar-refractivity contribution in [1.29, 1.82) is 0 Å². The molecular formula is C12H14F3N3O2. The predicted molar refractivity (Wildman–Crippen MR) is 67.4 cm³/mol. The molecule has 0 aromatic heterocycles. The molecule has 0 bridgehead atoms. The lowest BCUT2D eigenvalue weighted by atomic mass is 9.90. The Kier molecular flexibility index (Phi) is 4.03. The smallest absolute Gasteiger partial charge is 0.406 e. The van der Waals surface area contributed by atoms with E-state index in [4.69, 9.17) is 10.8 Å². The second-order valence-electron chi connectivity index (χ2n) is 4.49. The Bertz CT molecular complexity index is 499. The highest BCUT2D eigenvalue weighted by Crippen LogP contribution is 2.25. The van der Waals surface area contributed by atoms with E-state index >= 15 is 0 Å². The summed E-state index contributed by atoms with van der Waals surface area (Å²) in [5, 5.41) is 11.8. The molecule has 0 spiro atoms. The van der Waals surface area contributed by atoms with E-state index in [9.17, 15) is 13.2 Å². The number of ether oxygens (including phenoxy) is 1. The Labute approximate surface area is 113 Å². The first-order chi connectivity index (χ1) is 9.32. The number of aliphatic hydroxyl groups excluding tert-OH is 1. The van der Waals surface area contributed by atoms with Gasteiger partial charge in [-0.25, -0.2) is 4.99 Å². The van der Waals surface area contributed by atoms with Crippen LogP contribution in [-0.2, 0) is 0 Å². The number of aliphatic imine (C=N–C) groups is 1. The molecule has 5 nitrogen and oxygen atoms in total. The molecule has 8 heteroatoms. The fraction of sp³-hybridized carbons (Fsp3) is 0.417. The number of alkyl halides is 3. The number of nitrogens with zero attached hydrogens (tertiary/aromatic N) is 1. The highest BCUT2D eigenvalue weighted by molar-refractivity contribution is 5.92. The number of guanidine groups is 1. The average Bonchev–Trinajstić information content (AvgIpc) is 2.24. The maximum absolute atomic E-state index is 12.1. The van der Waals surface area contributed by atoms with Crippen LogP contribution in [0.15, 0.2) is 29.3 Å².